The van der Waals surface area contributed by atoms with E-state index in [0.29, 0.717) is 12.0 Å². The molecule has 88 valence electrons. The molecule has 0 aliphatic carbocycles. The number of nitrogens with zero attached hydrogens (tertiary/aromatic N) is 4. The summed E-state index contributed by atoms with van der Waals surface area (Å²) in [4.78, 5) is 10.7. The van der Waals surface area contributed by atoms with Crippen molar-refractivity contribution in [3.63, 3.8) is 0 Å². The fourth-order valence-corrected chi connectivity index (χ4v) is 1.55. The molecule has 0 saturated carbocycles. The summed E-state index contributed by atoms with van der Waals surface area (Å²) in [5.41, 5.74) is 0.888. The van der Waals surface area contributed by atoms with E-state index < -0.39 is 0 Å². The molecule has 1 N–H and O–H groups in total. The fourth-order valence-electron chi connectivity index (χ4n) is 1.55. The number of tetrazole rings is 1. The molecule has 0 atom stereocenters. The second-order valence-corrected chi connectivity index (χ2v) is 3.62. The van der Waals surface area contributed by atoms with Crippen LogP contribution in [0.15, 0.2) is 18.2 Å². The number of phenols is 1. The molecule has 6 heteroatoms. The average Bonchev–Trinajstić information content (AvgIpc) is 2.78. The summed E-state index contributed by atoms with van der Waals surface area (Å²) >= 11 is 0. The second kappa shape index (κ2) is 4.73. The lowest BCUT2D eigenvalue weighted by atomic mass is 10.2. The number of aromatic hydroxyl groups is 1. The van der Waals surface area contributed by atoms with Gasteiger partial charge in [0, 0.05) is 6.42 Å². The van der Waals surface area contributed by atoms with E-state index in [1.54, 1.807) is 16.8 Å². The molecule has 0 bridgehead atoms. The van der Waals surface area contributed by atoms with Gasteiger partial charge in [-0.15, -0.1) is 5.10 Å². The molecule has 1 aromatic carbocycles. The molecule has 0 aliphatic rings. The Morgan fingerprint density at radius 3 is 3.00 bits per heavy atom. The molecule has 0 amide bonds. The van der Waals surface area contributed by atoms with E-state index in [4.69, 9.17) is 0 Å². The van der Waals surface area contributed by atoms with Gasteiger partial charge in [0.2, 0.25) is 0 Å². The smallest absolute Gasteiger partial charge is 0.156 e. The van der Waals surface area contributed by atoms with Gasteiger partial charge in [0.1, 0.15) is 5.75 Å². The zero-order valence-electron chi connectivity index (χ0n) is 9.37. The topological polar surface area (TPSA) is 80.9 Å². The maximum absolute atomic E-state index is 10.7. The van der Waals surface area contributed by atoms with Crippen molar-refractivity contribution in [1.82, 2.24) is 20.2 Å². The number of hydrogen-bond donors (Lipinski definition) is 1. The molecule has 0 saturated heterocycles. The van der Waals surface area contributed by atoms with E-state index in [1.807, 2.05) is 6.92 Å². The maximum atomic E-state index is 10.7. The van der Waals surface area contributed by atoms with Crippen molar-refractivity contribution in [2.75, 3.05) is 0 Å². The highest BCUT2D eigenvalue weighted by Gasteiger charge is 2.09. The molecule has 0 radical (unpaired) electrons. The Balaban J connectivity index is 2.45. The monoisotopic (exact) mass is 232 g/mol. The van der Waals surface area contributed by atoms with Crippen molar-refractivity contribution in [3.05, 3.63) is 29.6 Å². The number of aldehydes is 1. The van der Waals surface area contributed by atoms with Gasteiger partial charge in [-0.2, -0.15) is 4.68 Å². The van der Waals surface area contributed by atoms with Crippen LogP contribution in [-0.4, -0.2) is 31.6 Å². The molecule has 0 fully saturated rings. The van der Waals surface area contributed by atoms with Gasteiger partial charge in [0.15, 0.2) is 12.1 Å². The molecule has 17 heavy (non-hydrogen) atoms. The number of benzene rings is 1. The van der Waals surface area contributed by atoms with Crippen LogP contribution in [-0.2, 0) is 6.42 Å². The lowest BCUT2D eigenvalue weighted by Crippen LogP contribution is -2.03. The highest BCUT2D eigenvalue weighted by atomic mass is 16.3. The minimum Gasteiger partial charge on any atom is -0.507 e. The molecule has 1 heterocycles. The second-order valence-electron chi connectivity index (χ2n) is 3.62. The van der Waals surface area contributed by atoms with Gasteiger partial charge < -0.3 is 5.11 Å². The van der Waals surface area contributed by atoms with Gasteiger partial charge in [-0.25, -0.2) is 0 Å². The fraction of sp³-hybridized carbons (Fsp3) is 0.273. The minimum atomic E-state index is -0.0473. The first-order chi connectivity index (χ1) is 8.26. The van der Waals surface area contributed by atoms with Crippen LogP contribution in [0.2, 0.25) is 0 Å². The van der Waals surface area contributed by atoms with Crippen LogP contribution in [0, 0.1) is 0 Å². The van der Waals surface area contributed by atoms with Crippen molar-refractivity contribution in [2.45, 2.75) is 19.8 Å². The van der Waals surface area contributed by atoms with Crippen molar-refractivity contribution in [2.24, 2.45) is 0 Å². The van der Waals surface area contributed by atoms with Crippen LogP contribution >= 0.6 is 0 Å². The van der Waals surface area contributed by atoms with Crippen molar-refractivity contribution >= 4 is 6.29 Å². The first kappa shape index (κ1) is 11.3. The highest BCUT2D eigenvalue weighted by molar-refractivity contribution is 5.80. The van der Waals surface area contributed by atoms with E-state index in [1.165, 1.54) is 6.07 Å². The van der Waals surface area contributed by atoms with Gasteiger partial charge in [0.05, 0.1) is 11.3 Å². The van der Waals surface area contributed by atoms with E-state index in [-0.39, 0.29) is 11.3 Å². The lowest BCUT2D eigenvalue weighted by Gasteiger charge is -2.05. The molecule has 6 nitrogen and oxygen atoms in total. The first-order valence-corrected chi connectivity index (χ1v) is 5.32. The van der Waals surface area contributed by atoms with Gasteiger partial charge in [0.25, 0.3) is 0 Å². The van der Waals surface area contributed by atoms with Gasteiger partial charge in [-0.1, -0.05) is 6.92 Å². The highest BCUT2D eigenvalue weighted by Crippen LogP contribution is 2.19. The Morgan fingerprint density at radius 2 is 2.29 bits per heavy atom. The number of phenolic OH excluding ortho intramolecular Hbond substituents is 1. The van der Waals surface area contributed by atoms with E-state index in [9.17, 15) is 9.90 Å². The predicted octanol–water partition coefficient (Wildman–Crippen LogP) is 1.13. The largest absolute Gasteiger partial charge is 0.507 e. The van der Waals surface area contributed by atoms with Crippen LogP contribution in [0.4, 0.5) is 0 Å². The van der Waals surface area contributed by atoms with Gasteiger partial charge in [-0.05, 0) is 35.0 Å². The summed E-state index contributed by atoms with van der Waals surface area (Å²) in [5, 5.41) is 20.8. The molecule has 1 aromatic heterocycles. The van der Waals surface area contributed by atoms with Crippen molar-refractivity contribution in [1.29, 1.82) is 0 Å². The standard InChI is InChI=1S/C11H12N4O2/c1-2-3-11-12-13-14-15(11)9-4-5-10(17)8(6-9)7-16/h4-7,17H,2-3H2,1H3. The molecule has 2 aromatic rings. The Hall–Kier alpha value is -2.24. The summed E-state index contributed by atoms with van der Waals surface area (Å²) in [6.07, 6.45) is 2.28. The summed E-state index contributed by atoms with van der Waals surface area (Å²) in [7, 11) is 0. The van der Waals surface area contributed by atoms with E-state index >= 15 is 0 Å². The molecular formula is C11H12N4O2. The van der Waals surface area contributed by atoms with Crippen LogP contribution in [0.25, 0.3) is 5.69 Å². The molecule has 0 unspecified atom stereocenters. The number of aromatic nitrogens is 4. The van der Waals surface area contributed by atoms with Gasteiger partial charge >= 0.3 is 0 Å². The average molecular weight is 232 g/mol. The van der Waals surface area contributed by atoms with Crippen LogP contribution in [0.1, 0.15) is 29.5 Å². The molecular weight excluding hydrogens is 220 g/mol. The van der Waals surface area contributed by atoms with Crippen molar-refractivity contribution < 1.29 is 9.90 Å². The summed E-state index contributed by atoms with van der Waals surface area (Å²) in [6.45, 7) is 2.03. The molecule has 0 aliphatic heterocycles. The lowest BCUT2D eigenvalue weighted by molar-refractivity contribution is 0.112. The van der Waals surface area contributed by atoms with Crippen LogP contribution in [0.5, 0.6) is 5.75 Å². The first-order valence-electron chi connectivity index (χ1n) is 5.32. The summed E-state index contributed by atoms with van der Waals surface area (Å²) in [5.74, 6) is 0.684. The van der Waals surface area contributed by atoms with E-state index in [2.05, 4.69) is 15.5 Å². The number of aryl methyl sites for hydroxylation is 1. The third-order valence-corrected chi connectivity index (χ3v) is 2.39. The number of carbonyl (C=O) groups is 1. The number of rotatable bonds is 4. The van der Waals surface area contributed by atoms with Crippen LogP contribution in [0.3, 0.4) is 0 Å². The Morgan fingerprint density at radius 1 is 1.47 bits per heavy atom. The number of hydrogen-bond acceptors (Lipinski definition) is 5. The molecule has 2 rings (SSSR count). The zero-order chi connectivity index (χ0) is 12.3. The number of carbonyl (C=O) groups excluding carboxylic acids is 1. The SMILES string of the molecule is CCCc1nnnn1-c1ccc(O)c(C=O)c1. The zero-order valence-corrected chi connectivity index (χ0v) is 9.37. The minimum absolute atomic E-state index is 0.0473. The van der Waals surface area contributed by atoms with Crippen molar-refractivity contribution in [3.8, 4) is 11.4 Å². The Bertz CT molecular complexity index is 536. The molecule has 0 spiro atoms. The Kier molecular flexibility index (Phi) is 3.13. The summed E-state index contributed by atoms with van der Waals surface area (Å²) in [6, 6.07) is 4.67. The van der Waals surface area contributed by atoms with Gasteiger partial charge in [-0.3, -0.25) is 4.79 Å². The van der Waals surface area contributed by atoms with Crippen LogP contribution < -0.4 is 0 Å². The quantitative estimate of drug-likeness (QED) is 0.799. The Labute approximate surface area is 97.9 Å². The predicted molar refractivity (Wildman–Crippen MR) is 60.2 cm³/mol. The third-order valence-electron chi connectivity index (χ3n) is 2.39. The normalized spacial score (nSPS) is 10.4. The maximum Gasteiger partial charge on any atom is 0.156 e. The summed E-state index contributed by atoms with van der Waals surface area (Å²) < 4.78 is 1.57. The third kappa shape index (κ3) is 2.15. The van der Waals surface area contributed by atoms with E-state index in [0.717, 1.165) is 18.7 Å².